The summed E-state index contributed by atoms with van der Waals surface area (Å²) >= 11 is -1.76. The molecule has 4 nitrogen and oxygen atoms in total. The Kier molecular flexibility index (Phi) is 8.63. The van der Waals surface area contributed by atoms with Crippen LogP contribution in [-0.4, -0.2) is 47.5 Å². The number of aliphatic imine (C=N–C) groups is 2. The first-order valence-electron chi connectivity index (χ1n) is 13.4. The maximum absolute atomic E-state index is 6.66. The predicted molar refractivity (Wildman–Crippen MR) is 160 cm³/mol. The first kappa shape index (κ1) is 29.7. The summed E-state index contributed by atoms with van der Waals surface area (Å²) in [5.41, 5.74) is 6.94. The van der Waals surface area contributed by atoms with Crippen LogP contribution in [0.4, 0.5) is 0 Å². The van der Waals surface area contributed by atoms with Crippen molar-refractivity contribution in [3.05, 3.63) is 57.6 Å². The van der Waals surface area contributed by atoms with Crippen molar-refractivity contribution in [2.45, 2.75) is 105 Å². The van der Waals surface area contributed by atoms with Gasteiger partial charge in [0.15, 0.2) is 0 Å². The second-order valence-corrected chi connectivity index (χ2v) is 15.9. The summed E-state index contributed by atoms with van der Waals surface area (Å²) in [6, 6.07) is 9.11. The molecule has 0 saturated heterocycles. The van der Waals surface area contributed by atoms with Gasteiger partial charge in [-0.15, -0.1) is 0 Å². The summed E-state index contributed by atoms with van der Waals surface area (Å²) in [7, 11) is 0. The molecule has 5 heteroatoms. The fraction of sp³-hybridized carbons (Fsp3) is 0.562. The number of nitrogens with zero attached hydrogens (tertiary/aromatic N) is 2. The first-order chi connectivity index (χ1) is 16.9. The molecule has 0 fully saturated rings. The molecule has 200 valence electrons. The van der Waals surface area contributed by atoms with Gasteiger partial charge in [0.1, 0.15) is 0 Å². The molecule has 2 aromatic carbocycles. The van der Waals surface area contributed by atoms with Crippen LogP contribution in [0.25, 0.3) is 0 Å². The molecule has 0 amide bonds. The molecule has 1 heterocycles. The van der Waals surface area contributed by atoms with Crippen LogP contribution in [0.3, 0.4) is 0 Å². The molecule has 3 rings (SSSR count). The zero-order chi connectivity index (χ0) is 27.8. The van der Waals surface area contributed by atoms with Gasteiger partial charge < -0.3 is 0 Å². The predicted octanol–water partition coefficient (Wildman–Crippen LogP) is 7.72. The van der Waals surface area contributed by atoms with Gasteiger partial charge in [-0.05, 0) is 0 Å². The van der Waals surface area contributed by atoms with Crippen LogP contribution in [0.5, 0.6) is 11.5 Å². The normalized spacial score (nSPS) is 15.5. The molecule has 2 aromatic rings. The summed E-state index contributed by atoms with van der Waals surface area (Å²) in [6.45, 7) is 28.3. The molecular formula is C32H46N2O2Sn. The number of benzene rings is 2. The van der Waals surface area contributed by atoms with E-state index in [1.54, 1.807) is 0 Å². The minimum absolute atomic E-state index is 0.0239. The van der Waals surface area contributed by atoms with Crippen molar-refractivity contribution in [1.82, 2.24) is 0 Å². The Balaban J connectivity index is 2.18. The van der Waals surface area contributed by atoms with Gasteiger partial charge in [-0.3, -0.25) is 0 Å². The van der Waals surface area contributed by atoms with Gasteiger partial charge in [-0.25, -0.2) is 0 Å². The second-order valence-electron chi connectivity index (χ2n) is 14.2. The zero-order valence-electron chi connectivity index (χ0n) is 25.1. The molecule has 0 unspecified atom stereocenters. The second kappa shape index (κ2) is 10.7. The van der Waals surface area contributed by atoms with E-state index < -0.39 is 22.0 Å². The molecular weight excluding hydrogens is 563 g/mol. The van der Waals surface area contributed by atoms with Crippen LogP contribution < -0.4 is 6.15 Å². The number of fused-ring (bicyclic) bond motifs is 2. The number of rotatable bonds is 0. The topological polar surface area (TPSA) is 43.2 Å². The van der Waals surface area contributed by atoms with E-state index in [1.165, 1.54) is 22.3 Å². The van der Waals surface area contributed by atoms with Gasteiger partial charge in [0, 0.05) is 0 Å². The average Bonchev–Trinajstić information content (AvgIpc) is 2.75. The van der Waals surface area contributed by atoms with E-state index in [4.69, 9.17) is 16.1 Å². The molecule has 0 spiro atoms. The van der Waals surface area contributed by atoms with Gasteiger partial charge in [0.25, 0.3) is 0 Å². The van der Waals surface area contributed by atoms with Crippen molar-refractivity contribution in [3.63, 3.8) is 0 Å². The van der Waals surface area contributed by atoms with E-state index >= 15 is 0 Å². The molecule has 37 heavy (non-hydrogen) atoms. The van der Waals surface area contributed by atoms with Gasteiger partial charge in [0.05, 0.1) is 0 Å². The van der Waals surface area contributed by atoms with E-state index in [1.807, 2.05) is 12.4 Å². The summed E-state index contributed by atoms with van der Waals surface area (Å²) < 4.78 is 13.3. The third-order valence-electron chi connectivity index (χ3n) is 6.69. The Morgan fingerprint density at radius 1 is 0.541 bits per heavy atom. The van der Waals surface area contributed by atoms with Crippen LogP contribution >= 0.6 is 0 Å². The van der Waals surface area contributed by atoms with E-state index in [-0.39, 0.29) is 21.7 Å². The fourth-order valence-electron chi connectivity index (χ4n) is 4.25. The number of hydrogen-bond acceptors (Lipinski definition) is 4. The third-order valence-corrected chi connectivity index (χ3v) is 8.33. The van der Waals surface area contributed by atoms with Crippen molar-refractivity contribution < 1.29 is 6.15 Å². The van der Waals surface area contributed by atoms with E-state index in [9.17, 15) is 0 Å². The standard InChI is InChI=1S/C32H48N2O2.Sn/c1-29(2,3)23-15-21(27(35)25(17-23)31(7,8)9)19-33-13-14-34-20-22-16-24(30(4,5)6)18-26(28(22)36)32(10,11)12;/h15-20,35-36H,13-14H2,1-12H3;/q;+2/p-2. The molecule has 0 atom stereocenters. The summed E-state index contributed by atoms with van der Waals surface area (Å²) in [6.07, 6.45) is 3.94. The van der Waals surface area contributed by atoms with Gasteiger partial charge >= 0.3 is 238 Å². The van der Waals surface area contributed by atoms with Gasteiger partial charge in [0.2, 0.25) is 0 Å². The van der Waals surface area contributed by atoms with Crippen LogP contribution in [0, 0.1) is 0 Å². The van der Waals surface area contributed by atoms with Crippen molar-refractivity contribution in [1.29, 1.82) is 0 Å². The monoisotopic (exact) mass is 610 g/mol. The maximum atomic E-state index is 6.66. The summed E-state index contributed by atoms with van der Waals surface area (Å²) in [5, 5.41) is 0. The fourth-order valence-corrected chi connectivity index (χ4v) is 6.14. The molecule has 0 aliphatic carbocycles. The number of hydrogen-bond donors (Lipinski definition) is 0. The third kappa shape index (κ3) is 7.40. The van der Waals surface area contributed by atoms with Crippen molar-refractivity contribution in [2.24, 2.45) is 9.98 Å². The molecule has 0 N–H and O–H groups in total. The van der Waals surface area contributed by atoms with Crippen molar-refractivity contribution in [3.8, 4) is 11.5 Å². The SMILES string of the molecule is CC(C)(C)c1cc2c(c(C(C)(C)C)c1)[O][Sn][O]c1c(cc(C(C)(C)C)cc1C(C)(C)C)C=NCCN=C2. The molecule has 2 radical (unpaired) electrons. The van der Waals surface area contributed by atoms with Crippen LogP contribution in [0.1, 0.15) is 116 Å². The summed E-state index contributed by atoms with van der Waals surface area (Å²) in [5.74, 6) is 1.84. The van der Waals surface area contributed by atoms with Crippen LogP contribution in [0.2, 0.25) is 0 Å². The van der Waals surface area contributed by atoms with E-state index in [0.29, 0.717) is 13.1 Å². The van der Waals surface area contributed by atoms with Gasteiger partial charge in [-0.2, -0.15) is 0 Å². The average molecular weight is 609 g/mol. The Labute approximate surface area is 236 Å². The quantitative estimate of drug-likeness (QED) is 0.287. The Bertz CT molecular complexity index is 1090. The Hall–Kier alpha value is -1.82. The molecule has 1 aliphatic heterocycles. The molecule has 0 saturated carbocycles. The molecule has 0 aromatic heterocycles. The first-order valence-corrected chi connectivity index (χ1v) is 15.7. The minimum atomic E-state index is -1.76. The van der Waals surface area contributed by atoms with E-state index in [2.05, 4.69) is 107 Å². The molecule has 1 aliphatic rings. The van der Waals surface area contributed by atoms with Crippen molar-refractivity contribution >= 4 is 34.4 Å². The van der Waals surface area contributed by atoms with E-state index in [0.717, 1.165) is 22.6 Å². The van der Waals surface area contributed by atoms with Crippen molar-refractivity contribution in [2.75, 3.05) is 13.1 Å². The Morgan fingerprint density at radius 3 is 1.19 bits per heavy atom. The Morgan fingerprint density at radius 2 is 0.892 bits per heavy atom. The zero-order valence-corrected chi connectivity index (χ0v) is 27.9. The molecule has 0 bridgehead atoms. The van der Waals surface area contributed by atoms with Crippen LogP contribution in [0.15, 0.2) is 34.3 Å². The summed E-state index contributed by atoms with van der Waals surface area (Å²) in [4.78, 5) is 9.50. The van der Waals surface area contributed by atoms with Crippen LogP contribution in [-0.2, 0) is 21.7 Å². The van der Waals surface area contributed by atoms with Gasteiger partial charge in [-0.1, -0.05) is 0 Å².